The highest BCUT2D eigenvalue weighted by molar-refractivity contribution is 5.94. The van der Waals surface area contributed by atoms with Crippen LogP contribution >= 0.6 is 0 Å². The largest absolute Gasteiger partial charge is 0.508 e. The Morgan fingerprint density at radius 3 is 3.06 bits per heavy atom. The molecule has 1 aromatic carbocycles. The van der Waals surface area contributed by atoms with Gasteiger partial charge < -0.3 is 15.4 Å². The maximum absolute atomic E-state index is 11.6. The molecule has 0 saturated carbocycles. The van der Waals surface area contributed by atoms with E-state index in [1.165, 1.54) is 6.08 Å². The molecule has 0 unspecified atom stereocenters. The number of hydrogen-bond donors (Lipinski definition) is 3. The molecule has 0 aliphatic carbocycles. The highest BCUT2D eigenvalue weighted by Crippen LogP contribution is 2.23. The van der Waals surface area contributed by atoms with Crippen molar-refractivity contribution in [3.63, 3.8) is 0 Å². The zero-order valence-electron chi connectivity index (χ0n) is 10.2. The van der Waals surface area contributed by atoms with Crippen molar-refractivity contribution in [1.29, 1.82) is 0 Å². The average Bonchev–Trinajstić information content (AvgIpc) is 2.77. The van der Waals surface area contributed by atoms with Gasteiger partial charge >= 0.3 is 0 Å². The number of phenols is 1. The Hall–Kier alpha value is -2.07. The second-order valence-electron chi connectivity index (χ2n) is 4.20. The number of carbonyl (C=O) groups excluding carboxylic acids is 1. The lowest BCUT2D eigenvalue weighted by molar-refractivity contribution is -0.116. The molecule has 2 rings (SSSR count). The normalized spacial score (nSPS) is 12.5. The zero-order valence-corrected chi connectivity index (χ0v) is 10.2. The maximum Gasteiger partial charge on any atom is 0.172 e. The summed E-state index contributed by atoms with van der Waals surface area (Å²) in [4.78, 5) is 14.7. The van der Waals surface area contributed by atoms with E-state index in [1.807, 2.05) is 12.3 Å². The monoisotopic (exact) mass is 244 g/mol. The Balaban J connectivity index is 2.31. The third kappa shape index (κ3) is 2.28. The number of likely N-dealkylation sites (N-methyl/N-ethyl adjacent to an activating group) is 1. The molecule has 4 heteroatoms. The van der Waals surface area contributed by atoms with Gasteiger partial charge in [-0.2, -0.15) is 0 Å². The summed E-state index contributed by atoms with van der Waals surface area (Å²) in [7, 11) is 1.76. The van der Waals surface area contributed by atoms with Crippen molar-refractivity contribution < 1.29 is 9.90 Å². The molecule has 1 atom stereocenters. The van der Waals surface area contributed by atoms with Crippen LogP contribution in [0.3, 0.4) is 0 Å². The maximum atomic E-state index is 11.6. The van der Waals surface area contributed by atoms with Gasteiger partial charge in [0.25, 0.3) is 0 Å². The minimum Gasteiger partial charge on any atom is -0.508 e. The number of nitrogens with one attached hydrogen (secondary N) is 2. The molecule has 3 N–H and O–H groups in total. The Morgan fingerprint density at radius 1 is 1.61 bits per heavy atom. The second kappa shape index (κ2) is 5.06. The fourth-order valence-corrected chi connectivity index (χ4v) is 2.05. The number of hydrogen-bond acceptors (Lipinski definition) is 3. The first-order valence-electron chi connectivity index (χ1n) is 5.78. The van der Waals surface area contributed by atoms with E-state index in [1.54, 1.807) is 19.2 Å². The van der Waals surface area contributed by atoms with E-state index in [-0.39, 0.29) is 17.6 Å². The topological polar surface area (TPSA) is 65.1 Å². The third-order valence-corrected chi connectivity index (χ3v) is 3.07. The number of ketones is 1. The smallest absolute Gasteiger partial charge is 0.172 e. The molecule has 1 aromatic heterocycles. The Labute approximate surface area is 105 Å². The van der Waals surface area contributed by atoms with Gasteiger partial charge in [0.05, 0.1) is 6.04 Å². The number of aromatic nitrogens is 1. The van der Waals surface area contributed by atoms with Crippen LogP contribution in [0, 0.1) is 0 Å². The molecule has 1 heterocycles. The number of benzene rings is 1. The van der Waals surface area contributed by atoms with Gasteiger partial charge in [-0.15, -0.1) is 0 Å². The van der Waals surface area contributed by atoms with Crippen LogP contribution in [0.5, 0.6) is 5.75 Å². The quantitative estimate of drug-likeness (QED) is 0.702. The van der Waals surface area contributed by atoms with E-state index in [0.29, 0.717) is 6.42 Å². The summed E-state index contributed by atoms with van der Waals surface area (Å²) in [6.07, 6.45) is 3.79. The SMILES string of the molecule is C=CC(=O)[C@H](Cc1c[nH]c2cc(O)ccc12)NC. The van der Waals surface area contributed by atoms with Gasteiger partial charge in [0.1, 0.15) is 5.75 Å². The van der Waals surface area contributed by atoms with Gasteiger partial charge in [0.15, 0.2) is 5.78 Å². The van der Waals surface area contributed by atoms with Crippen LogP contribution in [-0.2, 0) is 11.2 Å². The van der Waals surface area contributed by atoms with E-state index in [0.717, 1.165) is 16.5 Å². The fourth-order valence-electron chi connectivity index (χ4n) is 2.05. The van der Waals surface area contributed by atoms with Crippen LogP contribution in [0.2, 0.25) is 0 Å². The van der Waals surface area contributed by atoms with Crippen LogP contribution in [-0.4, -0.2) is 29.0 Å². The Kier molecular flexibility index (Phi) is 3.48. The molecule has 4 nitrogen and oxygen atoms in total. The highest BCUT2D eigenvalue weighted by Gasteiger charge is 2.16. The molecule has 2 aromatic rings. The van der Waals surface area contributed by atoms with Crippen molar-refractivity contribution in [2.45, 2.75) is 12.5 Å². The summed E-state index contributed by atoms with van der Waals surface area (Å²) in [6.45, 7) is 3.50. The number of phenolic OH excluding ortho intramolecular Hbond substituents is 1. The van der Waals surface area contributed by atoms with Gasteiger partial charge in [-0.1, -0.05) is 6.58 Å². The molecule has 0 radical (unpaired) electrons. The molecule has 0 saturated heterocycles. The van der Waals surface area contributed by atoms with E-state index in [9.17, 15) is 9.90 Å². The third-order valence-electron chi connectivity index (χ3n) is 3.07. The van der Waals surface area contributed by atoms with E-state index in [4.69, 9.17) is 0 Å². The number of aromatic amines is 1. The second-order valence-corrected chi connectivity index (χ2v) is 4.20. The predicted octanol–water partition coefficient (Wildman–Crippen LogP) is 1.76. The van der Waals surface area contributed by atoms with Crippen molar-refractivity contribution in [2.75, 3.05) is 7.05 Å². The average molecular weight is 244 g/mol. The lowest BCUT2D eigenvalue weighted by atomic mass is 10.0. The van der Waals surface area contributed by atoms with E-state index < -0.39 is 0 Å². The van der Waals surface area contributed by atoms with Crippen molar-refractivity contribution in [3.8, 4) is 5.75 Å². The summed E-state index contributed by atoms with van der Waals surface area (Å²) in [5.41, 5.74) is 1.91. The van der Waals surface area contributed by atoms with Crippen LogP contribution < -0.4 is 5.32 Å². The van der Waals surface area contributed by atoms with Crippen molar-refractivity contribution >= 4 is 16.7 Å². The van der Waals surface area contributed by atoms with Gasteiger partial charge in [-0.3, -0.25) is 4.79 Å². The van der Waals surface area contributed by atoms with Gasteiger partial charge in [0, 0.05) is 23.2 Å². The van der Waals surface area contributed by atoms with Crippen LogP contribution in [0.15, 0.2) is 37.1 Å². The number of carbonyl (C=O) groups is 1. The number of H-pyrrole nitrogens is 1. The lowest BCUT2D eigenvalue weighted by Gasteiger charge is -2.11. The van der Waals surface area contributed by atoms with Crippen molar-refractivity contribution in [1.82, 2.24) is 10.3 Å². The minimum absolute atomic E-state index is 0.0226. The van der Waals surface area contributed by atoms with Gasteiger partial charge in [0.2, 0.25) is 0 Å². The Bertz CT molecular complexity index is 586. The summed E-state index contributed by atoms with van der Waals surface area (Å²) in [6, 6.07) is 4.89. The number of rotatable bonds is 5. The molecule has 0 aliphatic heterocycles. The predicted molar refractivity (Wildman–Crippen MR) is 71.7 cm³/mol. The van der Waals surface area contributed by atoms with Crippen LogP contribution in [0.1, 0.15) is 5.56 Å². The zero-order chi connectivity index (χ0) is 13.1. The summed E-state index contributed by atoms with van der Waals surface area (Å²) >= 11 is 0. The van der Waals surface area contributed by atoms with Crippen molar-refractivity contribution in [3.05, 3.63) is 42.6 Å². The molecular weight excluding hydrogens is 228 g/mol. The molecule has 94 valence electrons. The number of fused-ring (bicyclic) bond motifs is 1. The molecule has 0 spiro atoms. The molecule has 18 heavy (non-hydrogen) atoms. The standard InChI is InChI=1S/C14H16N2O2/c1-3-14(18)13(15-2)6-9-8-16-12-7-10(17)4-5-11(9)12/h3-5,7-8,13,15-17H,1,6H2,2H3/t13-/m0/s1. The molecule has 0 fully saturated rings. The van der Waals surface area contributed by atoms with Gasteiger partial charge in [-0.25, -0.2) is 0 Å². The van der Waals surface area contributed by atoms with Crippen LogP contribution in [0.25, 0.3) is 10.9 Å². The van der Waals surface area contributed by atoms with E-state index >= 15 is 0 Å². The molecular formula is C14H16N2O2. The van der Waals surface area contributed by atoms with Crippen molar-refractivity contribution in [2.24, 2.45) is 0 Å². The number of aromatic hydroxyl groups is 1. The van der Waals surface area contributed by atoms with E-state index in [2.05, 4.69) is 16.9 Å². The minimum atomic E-state index is -0.268. The summed E-state index contributed by atoms with van der Waals surface area (Å²) in [5, 5.41) is 13.4. The first-order valence-corrected chi connectivity index (χ1v) is 5.78. The summed E-state index contributed by atoms with van der Waals surface area (Å²) in [5.74, 6) is 0.203. The Morgan fingerprint density at radius 2 is 2.39 bits per heavy atom. The molecule has 0 aliphatic rings. The fraction of sp³-hybridized carbons (Fsp3) is 0.214. The first-order chi connectivity index (χ1) is 8.65. The molecule has 0 bridgehead atoms. The van der Waals surface area contributed by atoms with Crippen LogP contribution in [0.4, 0.5) is 0 Å². The highest BCUT2D eigenvalue weighted by atomic mass is 16.3. The lowest BCUT2D eigenvalue weighted by Crippen LogP contribution is -2.34. The summed E-state index contributed by atoms with van der Waals surface area (Å²) < 4.78 is 0. The molecule has 0 amide bonds. The van der Waals surface area contributed by atoms with Gasteiger partial charge in [-0.05, 0) is 37.2 Å². The first kappa shape index (κ1) is 12.4.